The molecule has 0 spiro atoms. The Morgan fingerprint density at radius 1 is 1.56 bits per heavy atom. The molecule has 1 N–H and O–H groups in total. The molecule has 1 amide bonds. The van der Waals surface area contributed by atoms with E-state index in [1.807, 2.05) is 4.90 Å². The van der Waals surface area contributed by atoms with E-state index in [4.69, 9.17) is 4.42 Å². The van der Waals surface area contributed by atoms with Crippen LogP contribution in [0.15, 0.2) is 21.2 Å². The van der Waals surface area contributed by atoms with Crippen molar-refractivity contribution in [1.82, 2.24) is 10.2 Å². The van der Waals surface area contributed by atoms with Crippen molar-refractivity contribution in [2.24, 2.45) is 0 Å². The Morgan fingerprint density at radius 3 is 2.83 bits per heavy atom. The summed E-state index contributed by atoms with van der Waals surface area (Å²) in [6.45, 7) is 4.85. The number of nitrogens with zero attached hydrogens (tertiary/aromatic N) is 1. The molecule has 0 bridgehead atoms. The fourth-order valence-electron chi connectivity index (χ4n) is 2.39. The van der Waals surface area contributed by atoms with Gasteiger partial charge in [-0.1, -0.05) is 6.92 Å². The van der Waals surface area contributed by atoms with Crippen LogP contribution in [0, 0.1) is 0 Å². The Bertz CT molecular complexity index is 399. The Hall–Kier alpha value is -0.810. The van der Waals surface area contributed by atoms with E-state index >= 15 is 0 Å². The smallest absolute Gasteiger partial charge is 0.290 e. The summed E-state index contributed by atoms with van der Waals surface area (Å²) >= 11 is 3.36. The number of carbonyl (C=O) groups is 1. The first-order valence-electron chi connectivity index (χ1n) is 6.48. The van der Waals surface area contributed by atoms with Crippen molar-refractivity contribution in [1.29, 1.82) is 0 Å². The fraction of sp³-hybridized carbons (Fsp3) is 0.615. The van der Waals surface area contributed by atoms with E-state index in [2.05, 4.69) is 28.2 Å². The Morgan fingerprint density at radius 2 is 2.28 bits per heavy atom. The van der Waals surface area contributed by atoms with Gasteiger partial charge in [0.25, 0.3) is 5.91 Å². The zero-order valence-electron chi connectivity index (χ0n) is 10.6. The maximum atomic E-state index is 12.5. The number of carbonyl (C=O) groups excluding carboxylic acids is 1. The summed E-state index contributed by atoms with van der Waals surface area (Å²) in [5, 5.41) is 3.33. The van der Waals surface area contributed by atoms with Gasteiger partial charge >= 0.3 is 0 Å². The van der Waals surface area contributed by atoms with Gasteiger partial charge in [-0.05, 0) is 54.3 Å². The predicted molar refractivity (Wildman–Crippen MR) is 73.6 cm³/mol. The molecule has 1 aliphatic rings. The molecular formula is C13H19BrN2O2. The first-order valence-corrected chi connectivity index (χ1v) is 7.28. The molecule has 1 aromatic rings. The molecule has 18 heavy (non-hydrogen) atoms. The molecule has 1 aromatic heterocycles. The summed E-state index contributed by atoms with van der Waals surface area (Å²) in [5.74, 6) is 0.419. The lowest BCUT2D eigenvalue weighted by Crippen LogP contribution is -2.46. The first kappa shape index (κ1) is 13.6. The molecule has 0 radical (unpaired) electrons. The van der Waals surface area contributed by atoms with Gasteiger partial charge in [-0.25, -0.2) is 0 Å². The largest absolute Gasteiger partial charge is 0.458 e. The summed E-state index contributed by atoms with van der Waals surface area (Å²) in [6.07, 6.45) is 4.55. The van der Waals surface area contributed by atoms with E-state index in [0.29, 0.717) is 11.8 Å². The molecule has 1 fully saturated rings. The van der Waals surface area contributed by atoms with Crippen LogP contribution in [-0.2, 0) is 0 Å². The standard InChI is InChI=1S/C13H19BrN2O2/c1-2-8-16(10-3-6-15-7-4-10)13(17)12-11(14)5-9-18-12/h5,9-10,15H,2-4,6-8H2,1H3. The third-order valence-corrected chi connectivity index (χ3v) is 3.91. The second-order valence-corrected chi connectivity index (χ2v) is 5.43. The molecule has 2 rings (SSSR count). The molecule has 100 valence electrons. The topological polar surface area (TPSA) is 45.5 Å². The summed E-state index contributed by atoms with van der Waals surface area (Å²) in [4.78, 5) is 14.5. The predicted octanol–water partition coefficient (Wildman–Crippen LogP) is 2.65. The van der Waals surface area contributed by atoms with Crippen molar-refractivity contribution in [3.8, 4) is 0 Å². The van der Waals surface area contributed by atoms with E-state index < -0.39 is 0 Å². The lowest BCUT2D eigenvalue weighted by atomic mass is 10.0. The summed E-state index contributed by atoms with van der Waals surface area (Å²) in [7, 11) is 0. The lowest BCUT2D eigenvalue weighted by molar-refractivity contribution is 0.0609. The minimum atomic E-state index is 0.000579. The van der Waals surface area contributed by atoms with Gasteiger partial charge in [-0.15, -0.1) is 0 Å². The van der Waals surface area contributed by atoms with Crippen LogP contribution in [0.4, 0.5) is 0 Å². The molecule has 5 heteroatoms. The number of rotatable bonds is 4. The van der Waals surface area contributed by atoms with Crippen LogP contribution in [-0.4, -0.2) is 36.5 Å². The number of hydrogen-bond acceptors (Lipinski definition) is 3. The molecule has 1 saturated heterocycles. The molecule has 4 nitrogen and oxygen atoms in total. The quantitative estimate of drug-likeness (QED) is 0.929. The first-order chi connectivity index (χ1) is 8.74. The number of furan rings is 1. The van der Waals surface area contributed by atoms with Crippen LogP contribution in [0.25, 0.3) is 0 Å². The summed E-state index contributed by atoms with van der Waals surface area (Å²) in [5.41, 5.74) is 0. The average Bonchev–Trinajstić information content (AvgIpc) is 2.82. The number of nitrogens with one attached hydrogen (secondary N) is 1. The molecule has 0 saturated carbocycles. The van der Waals surface area contributed by atoms with E-state index in [9.17, 15) is 4.79 Å². The van der Waals surface area contributed by atoms with Crippen molar-refractivity contribution in [3.63, 3.8) is 0 Å². The van der Waals surface area contributed by atoms with Gasteiger partial charge in [0, 0.05) is 12.6 Å². The minimum absolute atomic E-state index is 0.000579. The normalized spacial score (nSPS) is 16.8. The zero-order chi connectivity index (χ0) is 13.0. The van der Waals surface area contributed by atoms with Crippen LogP contribution < -0.4 is 5.32 Å². The fourth-order valence-corrected chi connectivity index (χ4v) is 2.76. The van der Waals surface area contributed by atoms with Crippen LogP contribution >= 0.6 is 15.9 Å². The van der Waals surface area contributed by atoms with Gasteiger partial charge < -0.3 is 14.6 Å². The average molecular weight is 315 g/mol. The van der Waals surface area contributed by atoms with Crippen LogP contribution in [0.5, 0.6) is 0 Å². The third kappa shape index (κ3) is 2.95. The molecule has 2 heterocycles. The molecular weight excluding hydrogens is 296 g/mol. The maximum Gasteiger partial charge on any atom is 0.290 e. The van der Waals surface area contributed by atoms with Crippen LogP contribution in [0.3, 0.4) is 0 Å². The summed E-state index contributed by atoms with van der Waals surface area (Å²) in [6, 6.07) is 2.09. The second-order valence-electron chi connectivity index (χ2n) is 4.58. The highest BCUT2D eigenvalue weighted by molar-refractivity contribution is 9.10. The molecule has 1 aliphatic heterocycles. The van der Waals surface area contributed by atoms with E-state index in [1.165, 1.54) is 0 Å². The second kappa shape index (κ2) is 6.38. The van der Waals surface area contributed by atoms with Crippen molar-refractivity contribution in [2.75, 3.05) is 19.6 Å². The van der Waals surface area contributed by atoms with Crippen LogP contribution in [0.2, 0.25) is 0 Å². The zero-order valence-corrected chi connectivity index (χ0v) is 12.2. The number of halogens is 1. The van der Waals surface area contributed by atoms with Crippen molar-refractivity contribution in [2.45, 2.75) is 32.2 Å². The van der Waals surface area contributed by atoms with Gasteiger partial charge in [0.2, 0.25) is 5.76 Å². The number of piperidine rings is 1. The van der Waals surface area contributed by atoms with E-state index in [1.54, 1.807) is 12.3 Å². The number of hydrogen-bond donors (Lipinski definition) is 1. The Kier molecular flexibility index (Phi) is 4.83. The molecule has 0 atom stereocenters. The van der Waals surface area contributed by atoms with Gasteiger partial charge in [-0.2, -0.15) is 0 Å². The Labute approximate surface area is 116 Å². The van der Waals surface area contributed by atoms with Crippen molar-refractivity contribution >= 4 is 21.8 Å². The Balaban J connectivity index is 2.13. The highest BCUT2D eigenvalue weighted by Crippen LogP contribution is 2.22. The van der Waals surface area contributed by atoms with Gasteiger partial charge in [0.1, 0.15) is 0 Å². The van der Waals surface area contributed by atoms with E-state index in [-0.39, 0.29) is 5.91 Å². The van der Waals surface area contributed by atoms with Crippen LogP contribution in [0.1, 0.15) is 36.7 Å². The molecule has 0 aromatic carbocycles. The molecule has 0 unspecified atom stereocenters. The van der Waals surface area contributed by atoms with Gasteiger partial charge in [0.15, 0.2) is 0 Å². The highest BCUT2D eigenvalue weighted by Gasteiger charge is 2.28. The third-order valence-electron chi connectivity index (χ3n) is 3.29. The van der Waals surface area contributed by atoms with Crippen molar-refractivity contribution < 1.29 is 9.21 Å². The van der Waals surface area contributed by atoms with E-state index in [0.717, 1.165) is 43.4 Å². The van der Waals surface area contributed by atoms with Gasteiger partial charge in [-0.3, -0.25) is 4.79 Å². The maximum absolute atomic E-state index is 12.5. The summed E-state index contributed by atoms with van der Waals surface area (Å²) < 4.78 is 6.03. The molecule has 0 aliphatic carbocycles. The lowest BCUT2D eigenvalue weighted by Gasteiger charge is -2.34. The van der Waals surface area contributed by atoms with Crippen molar-refractivity contribution in [3.05, 3.63) is 22.6 Å². The monoisotopic (exact) mass is 314 g/mol. The van der Waals surface area contributed by atoms with Gasteiger partial charge in [0.05, 0.1) is 10.7 Å². The SMILES string of the molecule is CCCN(C(=O)c1occc1Br)C1CCNCC1. The highest BCUT2D eigenvalue weighted by atomic mass is 79.9. The minimum Gasteiger partial charge on any atom is -0.458 e. The number of amides is 1.